The first-order chi connectivity index (χ1) is 7.84. The van der Waals surface area contributed by atoms with Crippen LogP contribution in [0.15, 0.2) is 53.5 Å². The SMILES string of the molecule is Brc1ccn2ncc(-c3cccnc3)c2c1. The van der Waals surface area contributed by atoms with Gasteiger partial charge in [-0.1, -0.05) is 22.0 Å². The van der Waals surface area contributed by atoms with Gasteiger partial charge in [0, 0.05) is 34.2 Å². The molecule has 0 aliphatic carbocycles. The highest BCUT2D eigenvalue weighted by atomic mass is 79.9. The summed E-state index contributed by atoms with van der Waals surface area (Å²) in [4.78, 5) is 4.12. The lowest BCUT2D eigenvalue weighted by Crippen LogP contribution is -1.85. The zero-order valence-electron chi connectivity index (χ0n) is 8.34. The van der Waals surface area contributed by atoms with Crippen molar-refractivity contribution in [2.24, 2.45) is 0 Å². The van der Waals surface area contributed by atoms with Gasteiger partial charge >= 0.3 is 0 Å². The van der Waals surface area contributed by atoms with Crippen molar-refractivity contribution < 1.29 is 0 Å². The molecule has 3 aromatic heterocycles. The van der Waals surface area contributed by atoms with E-state index in [1.807, 2.05) is 41.3 Å². The van der Waals surface area contributed by atoms with Crippen LogP contribution in [-0.2, 0) is 0 Å². The van der Waals surface area contributed by atoms with E-state index in [4.69, 9.17) is 0 Å². The second-order valence-electron chi connectivity index (χ2n) is 3.47. The van der Waals surface area contributed by atoms with E-state index in [0.29, 0.717) is 0 Å². The van der Waals surface area contributed by atoms with Crippen LogP contribution < -0.4 is 0 Å². The van der Waals surface area contributed by atoms with Crippen LogP contribution in [0.5, 0.6) is 0 Å². The molecule has 3 rings (SSSR count). The maximum absolute atomic E-state index is 4.30. The summed E-state index contributed by atoms with van der Waals surface area (Å²) >= 11 is 3.47. The number of hydrogen-bond donors (Lipinski definition) is 0. The summed E-state index contributed by atoms with van der Waals surface area (Å²) in [5.74, 6) is 0. The van der Waals surface area contributed by atoms with Gasteiger partial charge in [0.1, 0.15) is 0 Å². The van der Waals surface area contributed by atoms with Crippen molar-refractivity contribution in [2.75, 3.05) is 0 Å². The smallest absolute Gasteiger partial charge is 0.0751 e. The fourth-order valence-corrected chi connectivity index (χ4v) is 2.03. The molecule has 0 saturated heterocycles. The maximum atomic E-state index is 4.30. The number of aromatic nitrogens is 3. The molecular formula is C12H8BrN3. The van der Waals surface area contributed by atoms with Gasteiger partial charge in [-0.2, -0.15) is 5.10 Å². The van der Waals surface area contributed by atoms with Crippen LogP contribution in [-0.4, -0.2) is 14.6 Å². The Labute approximate surface area is 101 Å². The number of rotatable bonds is 1. The predicted molar refractivity (Wildman–Crippen MR) is 66.1 cm³/mol. The van der Waals surface area contributed by atoms with Crippen LogP contribution in [0.1, 0.15) is 0 Å². The van der Waals surface area contributed by atoms with E-state index in [9.17, 15) is 0 Å². The Hall–Kier alpha value is -1.68. The molecule has 4 heteroatoms. The number of pyridine rings is 2. The molecule has 0 aliphatic heterocycles. The topological polar surface area (TPSA) is 30.2 Å². The maximum Gasteiger partial charge on any atom is 0.0751 e. The van der Waals surface area contributed by atoms with E-state index in [-0.39, 0.29) is 0 Å². The summed E-state index contributed by atoms with van der Waals surface area (Å²) in [6.07, 6.45) is 7.40. The second kappa shape index (κ2) is 3.72. The minimum absolute atomic E-state index is 1.05. The van der Waals surface area contributed by atoms with Gasteiger partial charge in [0.2, 0.25) is 0 Å². The zero-order valence-corrected chi connectivity index (χ0v) is 9.92. The minimum atomic E-state index is 1.05. The minimum Gasteiger partial charge on any atom is -0.264 e. The second-order valence-corrected chi connectivity index (χ2v) is 4.39. The summed E-state index contributed by atoms with van der Waals surface area (Å²) in [5, 5.41) is 4.30. The molecule has 16 heavy (non-hydrogen) atoms. The molecule has 0 fully saturated rings. The van der Waals surface area contributed by atoms with E-state index in [2.05, 4.69) is 32.1 Å². The number of nitrogens with zero attached hydrogens (tertiary/aromatic N) is 3. The molecule has 0 aromatic carbocycles. The molecule has 0 bridgehead atoms. The molecule has 3 aromatic rings. The Morgan fingerprint density at radius 1 is 1.19 bits per heavy atom. The molecule has 0 saturated carbocycles. The van der Waals surface area contributed by atoms with E-state index in [1.54, 1.807) is 6.20 Å². The molecule has 0 amide bonds. The van der Waals surface area contributed by atoms with Crippen LogP contribution >= 0.6 is 15.9 Å². The van der Waals surface area contributed by atoms with Crippen LogP contribution in [0, 0.1) is 0 Å². The van der Waals surface area contributed by atoms with Crippen molar-refractivity contribution in [3.05, 3.63) is 53.5 Å². The first-order valence-electron chi connectivity index (χ1n) is 4.88. The lowest BCUT2D eigenvalue weighted by molar-refractivity contribution is 0.959. The molecule has 0 aliphatic rings. The summed E-state index contributed by atoms with van der Waals surface area (Å²) < 4.78 is 2.90. The van der Waals surface area contributed by atoms with E-state index in [0.717, 1.165) is 21.1 Å². The summed E-state index contributed by atoms with van der Waals surface area (Å²) in [5.41, 5.74) is 3.24. The number of fused-ring (bicyclic) bond motifs is 1. The van der Waals surface area contributed by atoms with Gasteiger partial charge < -0.3 is 0 Å². The monoisotopic (exact) mass is 273 g/mol. The van der Waals surface area contributed by atoms with Crippen LogP contribution in [0.4, 0.5) is 0 Å². The summed E-state index contributed by atoms with van der Waals surface area (Å²) in [6, 6.07) is 7.98. The quantitative estimate of drug-likeness (QED) is 0.682. The molecule has 0 radical (unpaired) electrons. The first kappa shape index (κ1) is 9.54. The van der Waals surface area contributed by atoms with Gasteiger partial charge in [-0.25, -0.2) is 4.52 Å². The Morgan fingerprint density at radius 3 is 2.94 bits per heavy atom. The van der Waals surface area contributed by atoms with Crippen molar-refractivity contribution in [1.82, 2.24) is 14.6 Å². The molecule has 3 heterocycles. The molecule has 0 spiro atoms. The van der Waals surface area contributed by atoms with Crippen molar-refractivity contribution in [1.29, 1.82) is 0 Å². The van der Waals surface area contributed by atoms with Gasteiger partial charge in [0.25, 0.3) is 0 Å². The van der Waals surface area contributed by atoms with Gasteiger partial charge in [0.15, 0.2) is 0 Å². The summed E-state index contributed by atoms with van der Waals surface area (Å²) in [6.45, 7) is 0. The van der Waals surface area contributed by atoms with Gasteiger partial charge in [-0.15, -0.1) is 0 Å². The number of halogens is 1. The van der Waals surface area contributed by atoms with Crippen molar-refractivity contribution >= 4 is 21.4 Å². The third kappa shape index (κ3) is 1.51. The summed E-state index contributed by atoms with van der Waals surface area (Å²) in [7, 11) is 0. The highest BCUT2D eigenvalue weighted by Crippen LogP contribution is 2.25. The molecule has 78 valence electrons. The largest absolute Gasteiger partial charge is 0.264 e. The van der Waals surface area contributed by atoms with Gasteiger partial charge in [-0.3, -0.25) is 4.98 Å². The Kier molecular flexibility index (Phi) is 2.22. The van der Waals surface area contributed by atoms with Gasteiger partial charge in [0.05, 0.1) is 11.7 Å². The third-order valence-electron chi connectivity index (χ3n) is 2.46. The Morgan fingerprint density at radius 2 is 2.12 bits per heavy atom. The van der Waals surface area contributed by atoms with E-state index < -0.39 is 0 Å². The van der Waals surface area contributed by atoms with Crippen LogP contribution in [0.3, 0.4) is 0 Å². The highest BCUT2D eigenvalue weighted by molar-refractivity contribution is 9.10. The fraction of sp³-hybridized carbons (Fsp3) is 0. The first-order valence-corrected chi connectivity index (χ1v) is 5.67. The average Bonchev–Trinajstić information content (AvgIpc) is 2.73. The lowest BCUT2D eigenvalue weighted by Gasteiger charge is -1.98. The van der Waals surface area contributed by atoms with Crippen molar-refractivity contribution in [3.63, 3.8) is 0 Å². The fourth-order valence-electron chi connectivity index (χ4n) is 1.70. The van der Waals surface area contributed by atoms with E-state index in [1.165, 1.54) is 0 Å². The molecule has 0 unspecified atom stereocenters. The normalized spacial score (nSPS) is 10.8. The standard InChI is InChI=1S/C12H8BrN3/c13-10-3-5-16-12(6-10)11(8-15-16)9-2-1-4-14-7-9/h1-8H. The Bertz CT molecular complexity index is 631. The molecular weight excluding hydrogens is 266 g/mol. The van der Waals surface area contributed by atoms with Crippen LogP contribution in [0.25, 0.3) is 16.6 Å². The van der Waals surface area contributed by atoms with Crippen LogP contribution in [0.2, 0.25) is 0 Å². The third-order valence-corrected chi connectivity index (χ3v) is 2.95. The Balaban J connectivity index is 2.29. The molecule has 0 N–H and O–H groups in total. The lowest BCUT2D eigenvalue weighted by atomic mass is 10.1. The molecule has 0 atom stereocenters. The number of hydrogen-bond acceptors (Lipinski definition) is 2. The average molecular weight is 274 g/mol. The zero-order chi connectivity index (χ0) is 11.0. The highest BCUT2D eigenvalue weighted by Gasteiger charge is 2.06. The predicted octanol–water partition coefficient (Wildman–Crippen LogP) is 3.16. The van der Waals surface area contributed by atoms with Crippen molar-refractivity contribution in [2.45, 2.75) is 0 Å². The van der Waals surface area contributed by atoms with E-state index >= 15 is 0 Å². The van der Waals surface area contributed by atoms with Gasteiger partial charge in [-0.05, 0) is 18.2 Å². The van der Waals surface area contributed by atoms with Crippen molar-refractivity contribution in [3.8, 4) is 11.1 Å². The molecule has 3 nitrogen and oxygen atoms in total.